The van der Waals surface area contributed by atoms with Crippen molar-refractivity contribution in [2.45, 2.75) is 0 Å². The van der Waals surface area contributed by atoms with Crippen LogP contribution in [-0.2, 0) is 0 Å². The number of non-ortho nitro benzene ring substituents is 1. The number of hydrogen-bond acceptors (Lipinski definition) is 6. The molecule has 0 saturated heterocycles. The van der Waals surface area contributed by atoms with Crippen LogP contribution in [0.5, 0.6) is 0 Å². The Kier molecular flexibility index (Phi) is 4.32. The molecule has 0 radical (unpaired) electrons. The van der Waals surface area contributed by atoms with E-state index in [0.29, 0.717) is 22.0 Å². The third kappa shape index (κ3) is 2.95. The fraction of sp³-hybridized carbons (Fsp3) is 0.0556. The van der Waals surface area contributed by atoms with Gasteiger partial charge in [0.1, 0.15) is 0 Å². The molecule has 8 nitrogen and oxygen atoms in total. The van der Waals surface area contributed by atoms with Gasteiger partial charge < -0.3 is 5.73 Å². The number of nitro benzene ring substituents is 1. The maximum atomic E-state index is 11.4. The summed E-state index contributed by atoms with van der Waals surface area (Å²) in [7, 11) is 0.889. The first-order valence-electron chi connectivity index (χ1n) is 7.62. The number of rotatable bonds is 1. The smallest absolute Gasteiger partial charge is 0.278 e. The summed E-state index contributed by atoms with van der Waals surface area (Å²) in [5, 5.41) is 22.9. The SMILES string of the molecule is C[N+](=O)[O-].Nc1c2ccccc2nc2c1cc([N+](=O)[O-])c1ccccc12. The number of nitrogens with two attached hydrogens (primary N) is 1. The lowest BCUT2D eigenvalue weighted by Gasteiger charge is -2.09. The third-order valence-electron chi connectivity index (χ3n) is 3.91. The number of para-hydroxylation sites is 1. The van der Waals surface area contributed by atoms with Gasteiger partial charge in [-0.25, -0.2) is 4.98 Å². The van der Waals surface area contributed by atoms with Crippen LogP contribution in [0.1, 0.15) is 0 Å². The highest BCUT2D eigenvalue weighted by atomic mass is 16.6. The van der Waals surface area contributed by atoms with Crippen LogP contribution in [0.3, 0.4) is 0 Å². The Morgan fingerprint density at radius 2 is 1.42 bits per heavy atom. The molecule has 0 amide bonds. The number of nitrogens with zero attached hydrogens (tertiary/aromatic N) is 3. The van der Waals surface area contributed by atoms with Crippen molar-refractivity contribution in [3.8, 4) is 0 Å². The van der Waals surface area contributed by atoms with Crippen molar-refractivity contribution in [1.82, 2.24) is 4.98 Å². The minimum absolute atomic E-state index is 0.0480. The number of hydrogen-bond donors (Lipinski definition) is 1. The number of nitro groups is 2. The van der Waals surface area contributed by atoms with Crippen molar-refractivity contribution < 1.29 is 9.85 Å². The van der Waals surface area contributed by atoms with E-state index in [1.807, 2.05) is 36.4 Å². The van der Waals surface area contributed by atoms with Crippen LogP contribution < -0.4 is 5.73 Å². The lowest BCUT2D eigenvalue weighted by molar-refractivity contribution is -0.445. The van der Waals surface area contributed by atoms with Crippen molar-refractivity contribution in [2.75, 3.05) is 12.8 Å². The Hall–Kier alpha value is -3.81. The zero-order chi connectivity index (χ0) is 18.8. The van der Waals surface area contributed by atoms with Crippen LogP contribution in [-0.4, -0.2) is 21.9 Å². The van der Waals surface area contributed by atoms with Crippen LogP contribution >= 0.6 is 0 Å². The molecule has 0 fully saturated rings. The largest absolute Gasteiger partial charge is 0.398 e. The fourth-order valence-electron chi connectivity index (χ4n) is 2.88. The van der Waals surface area contributed by atoms with Gasteiger partial charge in [0, 0.05) is 27.1 Å². The van der Waals surface area contributed by atoms with E-state index in [1.165, 1.54) is 6.07 Å². The first kappa shape index (κ1) is 17.0. The molecule has 0 unspecified atom stereocenters. The highest BCUT2D eigenvalue weighted by Gasteiger charge is 2.18. The van der Waals surface area contributed by atoms with Gasteiger partial charge in [-0.05, 0) is 12.1 Å². The van der Waals surface area contributed by atoms with E-state index in [9.17, 15) is 10.1 Å². The summed E-state index contributed by atoms with van der Waals surface area (Å²) < 4.78 is 0. The molecular weight excluding hydrogens is 336 g/mol. The molecule has 0 spiro atoms. The van der Waals surface area contributed by atoms with Crippen molar-refractivity contribution in [3.05, 3.63) is 74.8 Å². The topological polar surface area (TPSA) is 125 Å². The van der Waals surface area contributed by atoms with Gasteiger partial charge in [0.15, 0.2) is 7.05 Å². The Bertz CT molecular complexity index is 1170. The Morgan fingerprint density at radius 3 is 2.04 bits per heavy atom. The predicted octanol–water partition coefficient (Wildman–Crippen LogP) is 3.92. The highest BCUT2D eigenvalue weighted by molar-refractivity contribution is 6.17. The summed E-state index contributed by atoms with van der Waals surface area (Å²) in [5.41, 5.74) is 8.30. The zero-order valence-corrected chi connectivity index (χ0v) is 13.7. The molecule has 4 aromatic rings. The van der Waals surface area contributed by atoms with Gasteiger partial charge in [-0.1, -0.05) is 36.4 Å². The quantitative estimate of drug-likeness (QED) is 0.240. The maximum Gasteiger partial charge on any atom is 0.278 e. The number of pyridine rings is 1. The Morgan fingerprint density at radius 1 is 0.885 bits per heavy atom. The van der Waals surface area contributed by atoms with Crippen LogP contribution in [0.15, 0.2) is 54.6 Å². The summed E-state index contributed by atoms with van der Waals surface area (Å²) in [5.74, 6) is 0. The monoisotopic (exact) mass is 350 g/mol. The molecule has 2 N–H and O–H groups in total. The lowest BCUT2D eigenvalue weighted by atomic mass is 10.0. The van der Waals surface area contributed by atoms with E-state index in [1.54, 1.807) is 12.1 Å². The second-order valence-corrected chi connectivity index (χ2v) is 5.58. The number of fused-ring (bicyclic) bond motifs is 4. The minimum Gasteiger partial charge on any atom is -0.398 e. The number of nitrogen functional groups attached to an aromatic ring is 1. The summed E-state index contributed by atoms with van der Waals surface area (Å²) in [6.45, 7) is 0. The maximum absolute atomic E-state index is 11.4. The molecule has 3 aromatic carbocycles. The van der Waals surface area contributed by atoms with Crippen LogP contribution in [0.25, 0.3) is 32.6 Å². The fourth-order valence-corrected chi connectivity index (χ4v) is 2.88. The molecule has 1 heterocycles. The molecule has 0 saturated carbocycles. The number of anilines is 1. The zero-order valence-electron chi connectivity index (χ0n) is 13.7. The lowest BCUT2D eigenvalue weighted by Crippen LogP contribution is -1.96. The Balaban J connectivity index is 0.000000447. The van der Waals surface area contributed by atoms with Gasteiger partial charge in [-0.3, -0.25) is 20.2 Å². The molecule has 0 atom stereocenters. The van der Waals surface area contributed by atoms with Crippen molar-refractivity contribution in [2.24, 2.45) is 0 Å². The average molecular weight is 350 g/mol. The summed E-state index contributed by atoms with van der Waals surface area (Å²) in [6, 6.07) is 16.3. The van der Waals surface area contributed by atoms with Crippen molar-refractivity contribution >= 4 is 44.0 Å². The molecule has 0 aliphatic heterocycles. The highest BCUT2D eigenvalue weighted by Crippen LogP contribution is 2.37. The molecule has 26 heavy (non-hydrogen) atoms. The summed E-state index contributed by atoms with van der Waals surface area (Å²) in [4.78, 5) is 24.0. The van der Waals surface area contributed by atoms with E-state index in [2.05, 4.69) is 4.98 Å². The van der Waals surface area contributed by atoms with E-state index in [0.717, 1.165) is 23.3 Å². The van der Waals surface area contributed by atoms with Gasteiger partial charge in [0.05, 0.1) is 27.0 Å². The second-order valence-electron chi connectivity index (χ2n) is 5.58. The van der Waals surface area contributed by atoms with Gasteiger partial charge in [-0.2, -0.15) is 0 Å². The van der Waals surface area contributed by atoms with Crippen LogP contribution in [0, 0.1) is 20.2 Å². The molecular formula is C18H14N4O4. The van der Waals surface area contributed by atoms with Crippen LogP contribution in [0.4, 0.5) is 11.4 Å². The average Bonchev–Trinajstić information content (AvgIpc) is 2.61. The molecule has 4 rings (SSSR count). The molecule has 130 valence electrons. The normalized spacial score (nSPS) is 10.5. The van der Waals surface area contributed by atoms with Gasteiger partial charge >= 0.3 is 0 Å². The Labute approximate surface area is 147 Å². The standard InChI is InChI=1S/C17H11N3O2.CH3NO2/c18-16-12-7-3-4-8-14(12)19-17-11-6-2-1-5-10(11)15(20(21)22)9-13(16)17;1-2(3)4/h1-9H,(H2,18,19);1H3. The number of aromatic nitrogens is 1. The van der Waals surface area contributed by atoms with E-state index in [-0.39, 0.29) is 10.6 Å². The molecule has 0 aliphatic carbocycles. The van der Waals surface area contributed by atoms with Crippen molar-refractivity contribution in [1.29, 1.82) is 0 Å². The molecule has 0 aliphatic rings. The van der Waals surface area contributed by atoms with E-state index >= 15 is 0 Å². The first-order valence-corrected chi connectivity index (χ1v) is 7.62. The first-order chi connectivity index (χ1) is 12.4. The summed E-state index contributed by atoms with van der Waals surface area (Å²) >= 11 is 0. The van der Waals surface area contributed by atoms with Gasteiger partial charge in [0.25, 0.3) is 5.69 Å². The number of benzene rings is 3. The second kappa shape index (κ2) is 6.60. The van der Waals surface area contributed by atoms with E-state index in [4.69, 9.17) is 15.8 Å². The van der Waals surface area contributed by atoms with Gasteiger partial charge in [-0.15, -0.1) is 0 Å². The van der Waals surface area contributed by atoms with Gasteiger partial charge in [0.2, 0.25) is 0 Å². The third-order valence-corrected chi connectivity index (χ3v) is 3.91. The van der Waals surface area contributed by atoms with Crippen LogP contribution in [0.2, 0.25) is 0 Å². The molecule has 1 aromatic heterocycles. The van der Waals surface area contributed by atoms with E-state index < -0.39 is 4.92 Å². The predicted molar refractivity (Wildman–Crippen MR) is 101 cm³/mol. The molecule has 8 heteroatoms. The molecule has 0 bridgehead atoms. The summed E-state index contributed by atoms with van der Waals surface area (Å²) in [6.07, 6.45) is 0. The van der Waals surface area contributed by atoms with Crippen molar-refractivity contribution in [3.63, 3.8) is 0 Å². The minimum atomic E-state index is -0.500.